The summed E-state index contributed by atoms with van der Waals surface area (Å²) in [6.45, 7) is 2.23. The first-order valence-electron chi connectivity index (χ1n) is 8.48. The van der Waals surface area contributed by atoms with Crippen LogP contribution in [0.3, 0.4) is 0 Å². The molecule has 1 atom stereocenters. The summed E-state index contributed by atoms with van der Waals surface area (Å²) in [6, 6.07) is 6.33. The van der Waals surface area contributed by atoms with Gasteiger partial charge in [0.2, 0.25) is 0 Å². The van der Waals surface area contributed by atoms with E-state index < -0.39 is 4.92 Å². The van der Waals surface area contributed by atoms with Crippen LogP contribution in [0.15, 0.2) is 29.1 Å². The summed E-state index contributed by atoms with van der Waals surface area (Å²) in [6.07, 6.45) is 6.44. The highest BCUT2D eigenvalue weighted by molar-refractivity contribution is 7.18. The monoisotopic (exact) mass is 367 g/mol. The number of fused-ring (bicyclic) bond motifs is 3. The number of thiophene rings is 1. The zero-order valence-electron chi connectivity index (χ0n) is 14.2. The van der Waals surface area contributed by atoms with Crippen LogP contribution in [0.25, 0.3) is 22.4 Å². The molecule has 7 heteroatoms. The highest BCUT2D eigenvalue weighted by Gasteiger charge is 2.22. The van der Waals surface area contributed by atoms with E-state index >= 15 is 0 Å². The van der Waals surface area contributed by atoms with Gasteiger partial charge >= 0.3 is 0 Å². The minimum Gasteiger partial charge on any atom is -0.306 e. The summed E-state index contributed by atoms with van der Waals surface area (Å²) in [7, 11) is 0. The Morgan fingerprint density at radius 1 is 1.38 bits per heavy atom. The van der Waals surface area contributed by atoms with Gasteiger partial charge in [-0.15, -0.1) is 11.3 Å². The maximum absolute atomic E-state index is 12.6. The number of aromatic nitrogens is 2. The molecule has 6 nitrogen and oxygen atoms in total. The Morgan fingerprint density at radius 3 is 3.04 bits per heavy atom. The summed E-state index contributed by atoms with van der Waals surface area (Å²) in [5.74, 6) is 1.10. The largest absolute Gasteiger partial charge is 0.306 e. The van der Waals surface area contributed by atoms with Gasteiger partial charge in [0.1, 0.15) is 10.7 Å². The Balaban J connectivity index is 1.71. The first-order valence-corrected chi connectivity index (χ1v) is 9.30. The summed E-state index contributed by atoms with van der Waals surface area (Å²) in [5.41, 5.74) is 1.76. The summed E-state index contributed by atoms with van der Waals surface area (Å²) in [5, 5.41) is 11.6. The van der Waals surface area contributed by atoms with Crippen molar-refractivity contribution in [2.24, 2.45) is 5.92 Å². The number of nitrogens with zero attached hydrogens (tertiary/aromatic N) is 2. The normalized spacial score (nSPS) is 16.9. The fraction of sp³-hybridized carbons (Fsp3) is 0.263. The fourth-order valence-electron chi connectivity index (χ4n) is 3.36. The predicted molar refractivity (Wildman–Crippen MR) is 103 cm³/mol. The molecule has 26 heavy (non-hydrogen) atoms. The standard InChI is InChI=1S/C19H17N3O3S/c1-11-5-7-14-15(9-11)26-19-17(14)18(23)20-16(21-19)8-6-12-3-2-4-13(10-12)22(24)25/h2-4,6,8,10-11H,5,7,9H2,1H3,(H,20,21,23)/b8-6+/t11-/m1/s1. The molecule has 1 aliphatic carbocycles. The van der Waals surface area contributed by atoms with Crippen molar-refractivity contribution < 1.29 is 4.92 Å². The van der Waals surface area contributed by atoms with Gasteiger partial charge in [0.25, 0.3) is 11.2 Å². The van der Waals surface area contributed by atoms with E-state index in [9.17, 15) is 14.9 Å². The summed E-state index contributed by atoms with van der Waals surface area (Å²) >= 11 is 1.61. The molecule has 0 fully saturated rings. The Bertz CT molecular complexity index is 1100. The zero-order chi connectivity index (χ0) is 18.3. The second kappa shape index (κ2) is 6.49. The van der Waals surface area contributed by atoms with Gasteiger partial charge in [0.15, 0.2) is 0 Å². The molecule has 0 amide bonds. The van der Waals surface area contributed by atoms with Gasteiger partial charge in [-0.2, -0.15) is 0 Å². The van der Waals surface area contributed by atoms with Crippen LogP contribution in [0.5, 0.6) is 0 Å². The first-order chi connectivity index (χ1) is 12.5. The van der Waals surface area contributed by atoms with Gasteiger partial charge in [-0.3, -0.25) is 14.9 Å². The summed E-state index contributed by atoms with van der Waals surface area (Å²) < 4.78 is 0. The smallest absolute Gasteiger partial charge is 0.270 e. The number of hydrogen-bond acceptors (Lipinski definition) is 5. The van der Waals surface area contributed by atoms with Crippen LogP contribution in [-0.2, 0) is 12.8 Å². The van der Waals surface area contributed by atoms with Crippen molar-refractivity contribution in [3.05, 3.63) is 66.6 Å². The van der Waals surface area contributed by atoms with Crippen molar-refractivity contribution in [1.82, 2.24) is 9.97 Å². The zero-order valence-corrected chi connectivity index (χ0v) is 15.0. The minimum absolute atomic E-state index is 0.0316. The molecule has 0 unspecified atom stereocenters. The third-order valence-electron chi connectivity index (χ3n) is 4.70. The number of rotatable bonds is 3. The number of benzene rings is 1. The van der Waals surface area contributed by atoms with Crippen LogP contribution < -0.4 is 5.56 Å². The minimum atomic E-state index is -0.430. The van der Waals surface area contributed by atoms with Gasteiger partial charge < -0.3 is 4.98 Å². The van der Waals surface area contributed by atoms with Gasteiger partial charge in [-0.1, -0.05) is 25.1 Å². The van der Waals surface area contributed by atoms with Crippen molar-refractivity contribution in [2.45, 2.75) is 26.2 Å². The fourth-order valence-corrected chi connectivity index (χ4v) is 4.75. The van der Waals surface area contributed by atoms with Gasteiger partial charge in [-0.05, 0) is 42.4 Å². The Kier molecular flexibility index (Phi) is 4.16. The third-order valence-corrected chi connectivity index (χ3v) is 5.85. The van der Waals surface area contributed by atoms with Crippen molar-refractivity contribution in [3.8, 4) is 0 Å². The number of non-ortho nitro benzene ring substituents is 1. The van der Waals surface area contributed by atoms with E-state index in [1.807, 2.05) is 0 Å². The number of nitro groups is 1. The van der Waals surface area contributed by atoms with Gasteiger partial charge in [-0.25, -0.2) is 4.98 Å². The van der Waals surface area contributed by atoms with E-state index in [1.54, 1.807) is 35.6 Å². The predicted octanol–water partition coefficient (Wildman–Crippen LogP) is 4.19. The molecule has 3 aromatic rings. The lowest BCUT2D eigenvalue weighted by Gasteiger charge is -2.17. The Hall–Kier alpha value is -2.80. The molecular formula is C19H17N3O3S. The van der Waals surface area contributed by atoms with E-state index in [-0.39, 0.29) is 11.2 Å². The Morgan fingerprint density at radius 2 is 2.23 bits per heavy atom. The van der Waals surface area contributed by atoms with Crippen LogP contribution in [0.4, 0.5) is 5.69 Å². The molecular weight excluding hydrogens is 350 g/mol. The number of aromatic amines is 1. The molecule has 2 heterocycles. The molecule has 0 spiro atoms. The maximum Gasteiger partial charge on any atom is 0.270 e. The molecule has 0 bridgehead atoms. The molecule has 1 aliphatic rings. The number of aryl methyl sites for hydroxylation is 1. The van der Waals surface area contributed by atoms with E-state index in [1.165, 1.54) is 17.0 Å². The third kappa shape index (κ3) is 3.06. The average Bonchev–Trinajstić information content (AvgIpc) is 2.97. The molecule has 0 radical (unpaired) electrons. The second-order valence-corrected chi connectivity index (χ2v) is 7.75. The molecule has 0 saturated carbocycles. The second-order valence-electron chi connectivity index (χ2n) is 6.67. The number of nitro benzene ring substituents is 1. The molecule has 2 aromatic heterocycles. The highest BCUT2D eigenvalue weighted by atomic mass is 32.1. The van der Waals surface area contributed by atoms with Crippen LogP contribution in [0, 0.1) is 16.0 Å². The lowest BCUT2D eigenvalue weighted by Crippen LogP contribution is -2.13. The quantitative estimate of drug-likeness (QED) is 0.555. The molecule has 0 aliphatic heterocycles. The van der Waals surface area contributed by atoms with E-state index in [0.29, 0.717) is 17.3 Å². The lowest BCUT2D eigenvalue weighted by atomic mass is 9.89. The van der Waals surface area contributed by atoms with Gasteiger partial charge in [0.05, 0.1) is 10.3 Å². The summed E-state index contributed by atoms with van der Waals surface area (Å²) in [4.78, 5) is 32.4. The van der Waals surface area contributed by atoms with Gasteiger partial charge in [0, 0.05) is 17.0 Å². The van der Waals surface area contributed by atoms with E-state index in [4.69, 9.17) is 0 Å². The molecule has 132 valence electrons. The SMILES string of the molecule is C[C@@H]1CCc2c(sc3nc(/C=C/c4cccc([N+](=O)[O-])c4)[nH]c(=O)c23)C1. The molecule has 0 saturated heterocycles. The molecule has 1 aromatic carbocycles. The van der Waals surface area contributed by atoms with E-state index in [2.05, 4.69) is 16.9 Å². The first kappa shape index (κ1) is 16.7. The maximum atomic E-state index is 12.6. The highest BCUT2D eigenvalue weighted by Crippen LogP contribution is 2.35. The van der Waals surface area contributed by atoms with Crippen LogP contribution in [0.2, 0.25) is 0 Å². The molecule has 1 N–H and O–H groups in total. The lowest BCUT2D eigenvalue weighted by molar-refractivity contribution is -0.384. The molecule has 4 rings (SSSR count). The van der Waals surface area contributed by atoms with Crippen molar-refractivity contribution in [1.29, 1.82) is 0 Å². The van der Waals surface area contributed by atoms with Crippen LogP contribution >= 0.6 is 11.3 Å². The van der Waals surface area contributed by atoms with Crippen molar-refractivity contribution in [2.75, 3.05) is 0 Å². The van der Waals surface area contributed by atoms with Crippen LogP contribution in [-0.4, -0.2) is 14.9 Å². The number of H-pyrrole nitrogens is 1. The topological polar surface area (TPSA) is 88.9 Å². The average molecular weight is 367 g/mol. The number of nitrogens with one attached hydrogen (secondary N) is 1. The van der Waals surface area contributed by atoms with Crippen molar-refractivity contribution >= 4 is 39.4 Å². The van der Waals surface area contributed by atoms with Crippen LogP contribution in [0.1, 0.15) is 35.2 Å². The number of hydrogen-bond donors (Lipinski definition) is 1. The van der Waals surface area contributed by atoms with Crippen molar-refractivity contribution in [3.63, 3.8) is 0 Å². The van der Waals surface area contributed by atoms with E-state index in [0.717, 1.165) is 35.0 Å². The Labute approximate surface area is 153 Å².